The Labute approximate surface area is 142 Å². The van der Waals surface area contributed by atoms with Crippen LogP contribution in [0.5, 0.6) is 11.5 Å². The lowest BCUT2D eigenvalue weighted by Gasteiger charge is -2.08. The number of hydrogen-bond acceptors (Lipinski definition) is 3. The van der Waals surface area contributed by atoms with Crippen LogP contribution >= 0.6 is 0 Å². The molecule has 0 bridgehead atoms. The fraction of sp³-hybridized carbons (Fsp3) is 0.190. The molecular weight excluding hydrogens is 298 g/mol. The molecule has 3 nitrogen and oxygen atoms in total. The van der Waals surface area contributed by atoms with Gasteiger partial charge in [0.2, 0.25) is 0 Å². The third-order valence-electron chi connectivity index (χ3n) is 3.83. The summed E-state index contributed by atoms with van der Waals surface area (Å²) in [5.41, 5.74) is 3.20. The fourth-order valence-corrected chi connectivity index (χ4v) is 2.49. The Bertz CT molecular complexity index is 863. The van der Waals surface area contributed by atoms with Gasteiger partial charge in [0.05, 0.1) is 12.6 Å². The number of pyridine rings is 1. The number of ether oxygens (including phenoxy) is 2. The van der Waals surface area contributed by atoms with E-state index < -0.39 is 0 Å². The number of benzene rings is 2. The molecule has 0 aliphatic rings. The summed E-state index contributed by atoms with van der Waals surface area (Å²) >= 11 is 0. The molecule has 0 amide bonds. The van der Waals surface area contributed by atoms with Crippen LogP contribution < -0.4 is 9.47 Å². The molecule has 0 unspecified atom stereocenters. The van der Waals surface area contributed by atoms with E-state index in [-0.39, 0.29) is 0 Å². The molecule has 3 rings (SSSR count). The van der Waals surface area contributed by atoms with E-state index in [0.717, 1.165) is 46.4 Å². The zero-order valence-electron chi connectivity index (χ0n) is 13.7. The molecule has 0 atom stereocenters. The first-order chi connectivity index (χ1) is 11.8. The molecule has 0 saturated heterocycles. The average Bonchev–Trinajstić information content (AvgIpc) is 2.64. The Hall–Kier alpha value is -2.99. The molecule has 0 aliphatic heterocycles. The van der Waals surface area contributed by atoms with Crippen LogP contribution in [0.4, 0.5) is 0 Å². The van der Waals surface area contributed by atoms with Gasteiger partial charge in [-0.25, -0.2) is 0 Å². The second-order valence-electron chi connectivity index (χ2n) is 5.54. The number of nitrogens with zero attached hydrogens (tertiary/aromatic N) is 1. The Kier molecular flexibility index (Phi) is 4.98. The largest absolute Gasteiger partial charge is 0.497 e. The number of hydrogen-bond donors (Lipinski definition) is 0. The van der Waals surface area contributed by atoms with Crippen molar-refractivity contribution in [2.75, 3.05) is 7.11 Å². The van der Waals surface area contributed by atoms with E-state index in [1.54, 1.807) is 7.11 Å². The Morgan fingerprint density at radius 3 is 2.54 bits per heavy atom. The predicted molar refractivity (Wildman–Crippen MR) is 96.2 cm³/mol. The van der Waals surface area contributed by atoms with Gasteiger partial charge >= 0.3 is 0 Å². The summed E-state index contributed by atoms with van der Waals surface area (Å²) in [6.07, 6.45) is 8.78. The van der Waals surface area contributed by atoms with Gasteiger partial charge in [-0.05, 0) is 53.9 Å². The molecule has 0 N–H and O–H groups in total. The van der Waals surface area contributed by atoms with E-state index in [1.807, 2.05) is 48.7 Å². The molecule has 0 fully saturated rings. The normalized spacial score (nSPS) is 10.3. The van der Waals surface area contributed by atoms with Crippen molar-refractivity contribution in [2.24, 2.45) is 0 Å². The second kappa shape index (κ2) is 7.52. The summed E-state index contributed by atoms with van der Waals surface area (Å²) < 4.78 is 11.1. The van der Waals surface area contributed by atoms with Crippen LogP contribution in [-0.4, -0.2) is 12.1 Å². The molecule has 0 radical (unpaired) electrons. The van der Waals surface area contributed by atoms with Crippen LogP contribution in [0.2, 0.25) is 0 Å². The fourth-order valence-electron chi connectivity index (χ4n) is 2.49. The summed E-state index contributed by atoms with van der Waals surface area (Å²) in [6.45, 7) is 0.514. The molecular formula is C21H19NO2. The van der Waals surface area contributed by atoms with Crippen molar-refractivity contribution in [3.05, 3.63) is 65.9 Å². The van der Waals surface area contributed by atoms with E-state index in [9.17, 15) is 0 Å². The lowest BCUT2D eigenvalue weighted by molar-refractivity contribution is 0.306. The van der Waals surface area contributed by atoms with Crippen molar-refractivity contribution < 1.29 is 9.47 Å². The highest BCUT2D eigenvalue weighted by Crippen LogP contribution is 2.22. The lowest BCUT2D eigenvalue weighted by Crippen LogP contribution is -1.96. The number of rotatable bonds is 6. The number of aromatic nitrogens is 1. The van der Waals surface area contributed by atoms with Crippen molar-refractivity contribution in [3.63, 3.8) is 0 Å². The summed E-state index contributed by atoms with van der Waals surface area (Å²) in [7, 11) is 1.66. The summed E-state index contributed by atoms with van der Waals surface area (Å²) in [5, 5.41) is 1.07. The zero-order valence-corrected chi connectivity index (χ0v) is 13.7. The third kappa shape index (κ3) is 3.85. The van der Waals surface area contributed by atoms with E-state index in [4.69, 9.17) is 15.9 Å². The van der Waals surface area contributed by atoms with Gasteiger partial charge in [0.25, 0.3) is 0 Å². The zero-order chi connectivity index (χ0) is 16.8. The highest BCUT2D eigenvalue weighted by Gasteiger charge is 2.02. The van der Waals surface area contributed by atoms with E-state index in [0.29, 0.717) is 6.61 Å². The van der Waals surface area contributed by atoms with Crippen molar-refractivity contribution in [2.45, 2.75) is 19.4 Å². The summed E-state index contributed by atoms with van der Waals surface area (Å²) in [4.78, 5) is 4.47. The number of methoxy groups -OCH3 is 1. The first-order valence-electron chi connectivity index (χ1n) is 7.86. The summed E-state index contributed by atoms with van der Waals surface area (Å²) in [5.74, 6) is 4.33. The van der Waals surface area contributed by atoms with Gasteiger partial charge in [-0.3, -0.25) is 4.98 Å². The molecule has 3 heteroatoms. The van der Waals surface area contributed by atoms with Gasteiger partial charge in [0.15, 0.2) is 0 Å². The van der Waals surface area contributed by atoms with Crippen molar-refractivity contribution in [3.8, 4) is 23.8 Å². The first-order valence-corrected chi connectivity index (χ1v) is 7.86. The minimum atomic E-state index is 0.514. The molecule has 120 valence electrons. The molecule has 0 saturated carbocycles. The van der Waals surface area contributed by atoms with Gasteiger partial charge in [-0.2, -0.15) is 0 Å². The first kappa shape index (κ1) is 15.9. The van der Waals surface area contributed by atoms with Crippen LogP contribution in [0.3, 0.4) is 0 Å². The van der Waals surface area contributed by atoms with Gasteiger partial charge in [-0.1, -0.05) is 12.1 Å². The van der Waals surface area contributed by atoms with Gasteiger partial charge < -0.3 is 9.47 Å². The highest BCUT2D eigenvalue weighted by molar-refractivity contribution is 5.80. The maximum Gasteiger partial charge on any atom is 0.120 e. The smallest absolute Gasteiger partial charge is 0.120 e. The minimum absolute atomic E-state index is 0.514. The SMILES string of the molecule is C#CCCc1cnc2ccc(OCc3ccc(OC)cc3)cc2c1. The van der Waals surface area contributed by atoms with Crippen LogP contribution in [-0.2, 0) is 13.0 Å². The average molecular weight is 317 g/mol. The van der Waals surface area contributed by atoms with Gasteiger partial charge in [0.1, 0.15) is 18.1 Å². The maximum absolute atomic E-state index is 5.89. The van der Waals surface area contributed by atoms with E-state index in [2.05, 4.69) is 17.0 Å². The minimum Gasteiger partial charge on any atom is -0.497 e. The van der Waals surface area contributed by atoms with Crippen LogP contribution in [0.1, 0.15) is 17.5 Å². The Balaban J connectivity index is 1.72. The van der Waals surface area contributed by atoms with Gasteiger partial charge in [-0.15, -0.1) is 12.3 Å². The quantitative estimate of drug-likeness (QED) is 0.632. The van der Waals surface area contributed by atoms with E-state index in [1.165, 1.54) is 0 Å². The van der Waals surface area contributed by atoms with Crippen LogP contribution in [0.15, 0.2) is 54.7 Å². The molecule has 0 aliphatic carbocycles. The van der Waals surface area contributed by atoms with Crippen molar-refractivity contribution >= 4 is 10.9 Å². The molecule has 2 aromatic carbocycles. The Morgan fingerprint density at radius 2 is 1.79 bits per heavy atom. The third-order valence-corrected chi connectivity index (χ3v) is 3.83. The Morgan fingerprint density at radius 1 is 1.00 bits per heavy atom. The number of terminal acetylenes is 1. The lowest BCUT2D eigenvalue weighted by atomic mass is 10.1. The predicted octanol–water partition coefficient (Wildman–Crippen LogP) is 4.39. The standard InChI is InChI=1S/C21H19NO2/c1-3-4-5-17-12-18-13-20(10-11-21(18)22-14-17)24-15-16-6-8-19(23-2)9-7-16/h1,6-14H,4-5,15H2,2H3. The number of fused-ring (bicyclic) bond motifs is 1. The molecule has 24 heavy (non-hydrogen) atoms. The monoisotopic (exact) mass is 317 g/mol. The van der Waals surface area contributed by atoms with Crippen molar-refractivity contribution in [1.29, 1.82) is 0 Å². The highest BCUT2D eigenvalue weighted by atomic mass is 16.5. The summed E-state index contributed by atoms with van der Waals surface area (Å²) in [6, 6.07) is 15.9. The topological polar surface area (TPSA) is 31.4 Å². The molecule has 1 heterocycles. The van der Waals surface area contributed by atoms with Gasteiger partial charge in [0, 0.05) is 18.0 Å². The van der Waals surface area contributed by atoms with Crippen LogP contribution in [0.25, 0.3) is 10.9 Å². The molecule has 0 spiro atoms. The van der Waals surface area contributed by atoms with E-state index >= 15 is 0 Å². The second-order valence-corrected chi connectivity index (χ2v) is 5.54. The van der Waals surface area contributed by atoms with Crippen LogP contribution in [0, 0.1) is 12.3 Å². The van der Waals surface area contributed by atoms with Crippen molar-refractivity contribution in [1.82, 2.24) is 4.98 Å². The molecule has 1 aromatic heterocycles. The molecule has 3 aromatic rings. The maximum atomic E-state index is 5.89. The number of aryl methyl sites for hydroxylation is 1.